The highest BCUT2D eigenvalue weighted by molar-refractivity contribution is 7.15. The Morgan fingerprint density at radius 3 is 2.61 bits per heavy atom. The number of rotatable bonds is 5. The molecule has 0 radical (unpaired) electrons. The van der Waals surface area contributed by atoms with Gasteiger partial charge < -0.3 is 10.2 Å². The first kappa shape index (κ1) is 19.9. The van der Waals surface area contributed by atoms with Crippen molar-refractivity contribution < 1.29 is 9.59 Å². The molecule has 2 aliphatic rings. The van der Waals surface area contributed by atoms with Crippen LogP contribution in [-0.2, 0) is 29.1 Å². The van der Waals surface area contributed by atoms with Gasteiger partial charge in [0.05, 0.1) is 11.6 Å². The molecule has 2 aromatic carbocycles. The number of aromatic nitrogens is 1. The molecular formula is C24H24N4O2S. The van der Waals surface area contributed by atoms with Gasteiger partial charge in [0.1, 0.15) is 0 Å². The lowest BCUT2D eigenvalue weighted by molar-refractivity contribution is -0.122. The Balaban J connectivity index is 1.21. The highest BCUT2D eigenvalue weighted by Crippen LogP contribution is 2.31. The zero-order chi connectivity index (χ0) is 21.2. The maximum absolute atomic E-state index is 12.8. The van der Waals surface area contributed by atoms with Gasteiger partial charge >= 0.3 is 0 Å². The van der Waals surface area contributed by atoms with E-state index in [0.717, 1.165) is 37.4 Å². The minimum atomic E-state index is -0.358. The maximum atomic E-state index is 12.8. The van der Waals surface area contributed by atoms with E-state index in [0.29, 0.717) is 11.7 Å². The highest BCUT2D eigenvalue weighted by Gasteiger charge is 2.35. The SMILES string of the molecule is O=C(Nc1nc2c(s1)CN(Cc1ccccc1)CC2)C1CC(=O)N(c2ccccc2)C1. The Bertz CT molecular complexity index is 1080. The van der Waals surface area contributed by atoms with Gasteiger partial charge in [0.25, 0.3) is 0 Å². The maximum Gasteiger partial charge on any atom is 0.231 e. The minimum Gasteiger partial charge on any atom is -0.312 e. The van der Waals surface area contributed by atoms with Gasteiger partial charge in [-0.25, -0.2) is 4.98 Å². The topological polar surface area (TPSA) is 65.5 Å². The first-order chi connectivity index (χ1) is 15.2. The largest absolute Gasteiger partial charge is 0.312 e. The molecule has 6 nitrogen and oxygen atoms in total. The molecule has 3 heterocycles. The molecule has 1 aromatic heterocycles. The van der Waals surface area contributed by atoms with E-state index in [9.17, 15) is 9.59 Å². The van der Waals surface area contributed by atoms with Crippen molar-refractivity contribution in [2.45, 2.75) is 25.9 Å². The number of hydrogen-bond acceptors (Lipinski definition) is 5. The van der Waals surface area contributed by atoms with E-state index in [2.05, 4.69) is 39.5 Å². The van der Waals surface area contributed by atoms with Gasteiger partial charge in [-0.2, -0.15) is 0 Å². The summed E-state index contributed by atoms with van der Waals surface area (Å²) in [5.74, 6) is -0.497. The third-order valence-corrected chi connectivity index (χ3v) is 6.85. The van der Waals surface area contributed by atoms with E-state index in [1.807, 2.05) is 36.4 Å². The van der Waals surface area contributed by atoms with E-state index in [1.54, 1.807) is 16.2 Å². The Morgan fingerprint density at radius 2 is 1.84 bits per heavy atom. The van der Waals surface area contributed by atoms with Gasteiger partial charge in [0.15, 0.2) is 5.13 Å². The molecule has 1 fully saturated rings. The molecule has 3 aromatic rings. The molecule has 1 atom stereocenters. The van der Waals surface area contributed by atoms with Crippen LogP contribution in [0, 0.1) is 5.92 Å². The lowest BCUT2D eigenvalue weighted by Crippen LogP contribution is -2.29. The standard InChI is InChI=1S/C24H24N4O2S/c29-22-13-18(15-28(22)19-9-5-2-6-10-19)23(30)26-24-25-20-11-12-27(16-21(20)31-24)14-17-7-3-1-4-8-17/h1-10,18H,11-16H2,(H,25,26,30). The van der Waals surface area contributed by atoms with Crippen molar-refractivity contribution in [2.75, 3.05) is 23.3 Å². The summed E-state index contributed by atoms with van der Waals surface area (Å²) in [6.07, 6.45) is 1.12. The van der Waals surface area contributed by atoms with Crippen LogP contribution in [0.2, 0.25) is 0 Å². The minimum absolute atomic E-state index is 0.0127. The monoisotopic (exact) mass is 432 g/mol. The first-order valence-corrected chi connectivity index (χ1v) is 11.4. The molecule has 5 rings (SSSR count). The normalized spacial score (nSPS) is 18.8. The van der Waals surface area contributed by atoms with Crippen molar-refractivity contribution in [3.8, 4) is 0 Å². The number of fused-ring (bicyclic) bond motifs is 1. The van der Waals surface area contributed by atoms with Crippen LogP contribution in [0.4, 0.5) is 10.8 Å². The lowest BCUT2D eigenvalue weighted by Gasteiger charge is -2.25. The van der Waals surface area contributed by atoms with Crippen LogP contribution in [0.3, 0.4) is 0 Å². The Kier molecular flexibility index (Phi) is 5.53. The zero-order valence-corrected chi connectivity index (χ0v) is 18.0. The molecule has 1 N–H and O–H groups in total. The second-order valence-corrected chi connectivity index (χ2v) is 9.15. The van der Waals surface area contributed by atoms with E-state index >= 15 is 0 Å². The number of nitrogens with one attached hydrogen (secondary N) is 1. The Morgan fingerprint density at radius 1 is 1.10 bits per heavy atom. The number of nitrogens with zero attached hydrogens (tertiary/aromatic N) is 3. The van der Waals surface area contributed by atoms with Crippen LogP contribution in [0.25, 0.3) is 0 Å². The number of para-hydroxylation sites is 1. The molecule has 2 aliphatic heterocycles. The molecule has 2 amide bonds. The van der Waals surface area contributed by atoms with Crippen LogP contribution in [-0.4, -0.2) is 34.8 Å². The number of anilines is 2. The van der Waals surface area contributed by atoms with Gasteiger partial charge in [-0.05, 0) is 17.7 Å². The van der Waals surface area contributed by atoms with Gasteiger partial charge in [-0.3, -0.25) is 14.5 Å². The van der Waals surface area contributed by atoms with Gasteiger partial charge in [0, 0.05) is 49.6 Å². The third kappa shape index (κ3) is 4.38. The average Bonchev–Trinajstić information content (AvgIpc) is 3.37. The van der Waals surface area contributed by atoms with Gasteiger partial charge in [-0.15, -0.1) is 11.3 Å². The van der Waals surface area contributed by atoms with Crippen LogP contribution in [0.5, 0.6) is 0 Å². The van der Waals surface area contributed by atoms with Crippen LogP contribution in [0.1, 0.15) is 22.6 Å². The van der Waals surface area contributed by atoms with Crippen molar-refractivity contribution in [2.24, 2.45) is 5.92 Å². The van der Waals surface area contributed by atoms with E-state index in [4.69, 9.17) is 0 Å². The predicted molar refractivity (Wildman–Crippen MR) is 122 cm³/mol. The lowest BCUT2D eigenvalue weighted by atomic mass is 10.1. The highest BCUT2D eigenvalue weighted by atomic mass is 32.1. The number of amides is 2. The van der Waals surface area contributed by atoms with Crippen molar-refractivity contribution in [3.63, 3.8) is 0 Å². The van der Waals surface area contributed by atoms with Gasteiger partial charge in [0.2, 0.25) is 11.8 Å². The van der Waals surface area contributed by atoms with Crippen molar-refractivity contribution in [1.29, 1.82) is 0 Å². The summed E-state index contributed by atoms with van der Waals surface area (Å²) in [6.45, 7) is 3.13. The quantitative estimate of drug-likeness (QED) is 0.668. The number of carbonyl (C=O) groups excluding carboxylic acids is 2. The van der Waals surface area contributed by atoms with E-state index in [-0.39, 0.29) is 24.2 Å². The molecule has 0 aliphatic carbocycles. The summed E-state index contributed by atoms with van der Waals surface area (Å²) in [6, 6.07) is 20.0. The van der Waals surface area contributed by atoms with E-state index in [1.165, 1.54) is 10.4 Å². The second kappa shape index (κ2) is 8.61. The fourth-order valence-corrected chi connectivity index (χ4v) is 5.28. The zero-order valence-electron chi connectivity index (χ0n) is 17.2. The van der Waals surface area contributed by atoms with Crippen molar-refractivity contribution in [1.82, 2.24) is 9.88 Å². The number of thiazole rings is 1. The summed E-state index contributed by atoms with van der Waals surface area (Å²) < 4.78 is 0. The second-order valence-electron chi connectivity index (χ2n) is 8.07. The van der Waals surface area contributed by atoms with Crippen LogP contribution >= 0.6 is 11.3 Å². The molecular weight excluding hydrogens is 408 g/mol. The molecule has 0 saturated carbocycles. The number of carbonyl (C=O) groups is 2. The number of hydrogen-bond donors (Lipinski definition) is 1. The summed E-state index contributed by atoms with van der Waals surface area (Å²) >= 11 is 1.55. The van der Waals surface area contributed by atoms with Crippen molar-refractivity contribution >= 4 is 34.0 Å². The van der Waals surface area contributed by atoms with Crippen LogP contribution < -0.4 is 10.2 Å². The fourth-order valence-electron chi connectivity index (χ4n) is 4.23. The molecule has 158 valence electrons. The van der Waals surface area contributed by atoms with E-state index < -0.39 is 0 Å². The Labute approximate surface area is 185 Å². The first-order valence-electron chi connectivity index (χ1n) is 10.6. The predicted octanol–water partition coefficient (Wildman–Crippen LogP) is 3.69. The summed E-state index contributed by atoms with van der Waals surface area (Å²) in [5.41, 5.74) is 3.22. The van der Waals surface area contributed by atoms with Gasteiger partial charge in [-0.1, -0.05) is 48.5 Å². The molecule has 1 unspecified atom stereocenters. The molecule has 31 heavy (non-hydrogen) atoms. The molecule has 0 spiro atoms. The van der Waals surface area contributed by atoms with Crippen LogP contribution in [0.15, 0.2) is 60.7 Å². The average molecular weight is 433 g/mol. The number of benzene rings is 2. The summed E-state index contributed by atoms with van der Waals surface area (Å²) in [5, 5.41) is 3.61. The molecule has 0 bridgehead atoms. The van der Waals surface area contributed by atoms with Crippen molar-refractivity contribution in [3.05, 3.63) is 76.8 Å². The fraction of sp³-hybridized carbons (Fsp3) is 0.292. The summed E-state index contributed by atoms with van der Waals surface area (Å²) in [7, 11) is 0. The summed E-state index contributed by atoms with van der Waals surface area (Å²) in [4.78, 5) is 35.2. The molecule has 7 heteroatoms. The third-order valence-electron chi connectivity index (χ3n) is 5.85. The molecule has 1 saturated heterocycles. The Hall–Kier alpha value is -3.03. The smallest absolute Gasteiger partial charge is 0.231 e.